The topological polar surface area (TPSA) is 691 Å². The molecule has 3 amide bonds. The Bertz CT molecular complexity index is 2510. The molecular weight excluding hydrogens is 1350 g/mol. The summed E-state index contributed by atoms with van der Waals surface area (Å²) in [6.45, 7) is -5.50. The normalized spacial score (nSPS) is 49.5. The lowest BCUT2D eigenvalue weighted by molar-refractivity contribution is -0.388. The number of carbonyl (C=O) groups is 3. The summed E-state index contributed by atoms with van der Waals surface area (Å²) in [5.74, 6) is -2.79. The monoisotopic (exact) mass is 1440 g/mol. The SMILES string of the molecule is CC(=O)N[C@H]1[C@H](O[C@H]2[C@@H](O)[C@@H](CO)O[C@@H](O[C@H]3[C@H](O)[C@@H](O)C(O)O[C@@H]3CO)[C@@H]2O)O[C@H](CO)[C@@H](O[C@@H]2O[C@H](CO[C@@H]3O[C@H](CO)[C@@H](O)[C@H](O[C@@H]4O[C@H](CO)[C@H](O)[C@H](O)[C@H]4O)[C@H]3NC(C)=O)[C@H](O)[C@H](O[C@@H]3O[C@H](CO)[C@@H](O)[C@H](O[C@@H]4O[C@H](CO)[C@H](O)[C@H](O)[C@H]4O)[C@H]3NC(C)=O)[C@H]2O)[C@@H]1O. The summed E-state index contributed by atoms with van der Waals surface area (Å²) in [7, 11) is 0. The van der Waals surface area contributed by atoms with Gasteiger partial charge in [0.2, 0.25) is 17.7 Å². The van der Waals surface area contributed by atoms with Crippen LogP contribution in [-0.2, 0) is 85.4 Å². The molecule has 8 aliphatic rings. The molecule has 98 heavy (non-hydrogen) atoms. The van der Waals surface area contributed by atoms with Crippen molar-refractivity contribution in [2.75, 3.05) is 52.9 Å². The van der Waals surface area contributed by atoms with Gasteiger partial charge in [0.25, 0.3) is 0 Å². The lowest BCUT2D eigenvalue weighted by atomic mass is 9.93. The molecule has 8 aliphatic heterocycles. The second-order valence-corrected chi connectivity index (χ2v) is 24.6. The molecule has 44 nitrogen and oxygen atoms in total. The Morgan fingerprint density at radius 1 is 0.265 bits per heavy atom. The predicted octanol–water partition coefficient (Wildman–Crippen LogP) is -18.0. The van der Waals surface area contributed by atoms with Crippen LogP contribution in [0.2, 0.25) is 0 Å². The Morgan fingerprint density at radius 3 is 0.969 bits per heavy atom. The van der Waals surface area contributed by atoms with E-state index >= 15 is 0 Å². The third-order valence-electron chi connectivity index (χ3n) is 17.8. The van der Waals surface area contributed by atoms with Gasteiger partial charge in [0.05, 0.1) is 52.9 Å². The summed E-state index contributed by atoms with van der Waals surface area (Å²) in [4.78, 5) is 38.9. The summed E-state index contributed by atoms with van der Waals surface area (Å²) in [5, 5.41) is 258. The molecule has 8 saturated heterocycles. The van der Waals surface area contributed by atoms with E-state index in [-0.39, 0.29) is 0 Å². The van der Waals surface area contributed by atoms with Crippen LogP contribution in [0.1, 0.15) is 20.8 Å². The number of hydrogen-bond acceptors (Lipinski definition) is 41. The highest BCUT2D eigenvalue weighted by Crippen LogP contribution is 2.39. The van der Waals surface area contributed by atoms with Crippen molar-refractivity contribution in [1.82, 2.24) is 16.0 Å². The molecule has 0 spiro atoms. The van der Waals surface area contributed by atoms with Gasteiger partial charge in [0.1, 0.15) is 195 Å². The van der Waals surface area contributed by atoms with Crippen LogP contribution < -0.4 is 16.0 Å². The molecule has 0 aliphatic carbocycles. The van der Waals surface area contributed by atoms with Gasteiger partial charge in [-0.3, -0.25) is 14.4 Å². The molecule has 0 saturated carbocycles. The molecule has 26 N–H and O–H groups in total. The molecule has 0 aromatic heterocycles. The lowest BCUT2D eigenvalue weighted by Gasteiger charge is -2.51. The highest BCUT2D eigenvalue weighted by atomic mass is 16.8. The number of rotatable bonds is 25. The van der Waals surface area contributed by atoms with Crippen molar-refractivity contribution in [1.29, 1.82) is 0 Å². The minimum absolute atomic E-state index is 0.888. The van der Waals surface area contributed by atoms with Crippen molar-refractivity contribution < 1.29 is 203 Å². The van der Waals surface area contributed by atoms with E-state index in [4.69, 9.17) is 71.1 Å². The van der Waals surface area contributed by atoms with Gasteiger partial charge in [0.15, 0.2) is 50.3 Å². The molecule has 1 unspecified atom stereocenters. The molecule has 568 valence electrons. The maximum Gasteiger partial charge on any atom is 0.217 e. The molecule has 0 aromatic carbocycles. The molecule has 0 radical (unpaired) electrons. The van der Waals surface area contributed by atoms with Crippen LogP contribution in [0.15, 0.2) is 0 Å². The van der Waals surface area contributed by atoms with Crippen LogP contribution >= 0.6 is 0 Å². The number of nitrogens with one attached hydrogen (secondary N) is 3. The number of amides is 3. The molecule has 0 aromatic rings. The number of hydrogen-bond donors (Lipinski definition) is 26. The number of ether oxygens (including phenoxy) is 15. The van der Waals surface area contributed by atoms with E-state index < -0.39 is 316 Å². The van der Waals surface area contributed by atoms with Gasteiger partial charge in [-0.1, -0.05) is 0 Å². The minimum Gasteiger partial charge on any atom is -0.394 e. The largest absolute Gasteiger partial charge is 0.394 e. The van der Waals surface area contributed by atoms with Crippen molar-refractivity contribution in [3.8, 4) is 0 Å². The Hall–Kier alpha value is -3.11. The molecule has 40 atom stereocenters. The fourth-order valence-corrected chi connectivity index (χ4v) is 12.6. The van der Waals surface area contributed by atoms with Crippen LogP contribution in [0.25, 0.3) is 0 Å². The summed E-state index contributed by atoms with van der Waals surface area (Å²) in [6, 6.07) is -5.66. The second-order valence-electron chi connectivity index (χ2n) is 24.6. The van der Waals surface area contributed by atoms with Gasteiger partial charge in [-0.2, -0.15) is 0 Å². The van der Waals surface area contributed by atoms with Gasteiger partial charge in [-0.05, 0) is 0 Å². The highest BCUT2D eigenvalue weighted by molar-refractivity contribution is 5.74. The first-order chi connectivity index (χ1) is 46.4. The smallest absolute Gasteiger partial charge is 0.217 e. The first-order valence-corrected chi connectivity index (χ1v) is 31.1. The molecular formula is C54H91N3O41. The lowest BCUT2D eigenvalue weighted by Crippen LogP contribution is -2.71. The van der Waals surface area contributed by atoms with E-state index in [1.165, 1.54) is 0 Å². The zero-order chi connectivity index (χ0) is 72.2. The summed E-state index contributed by atoms with van der Waals surface area (Å²) in [5.41, 5.74) is 0. The van der Waals surface area contributed by atoms with Crippen molar-refractivity contribution in [2.24, 2.45) is 0 Å². The fraction of sp³-hybridized carbons (Fsp3) is 0.944. The average molecular weight is 1440 g/mol. The third-order valence-corrected chi connectivity index (χ3v) is 17.8. The highest BCUT2D eigenvalue weighted by Gasteiger charge is 2.60. The van der Waals surface area contributed by atoms with Crippen LogP contribution in [0.5, 0.6) is 0 Å². The Labute approximate surface area is 554 Å². The van der Waals surface area contributed by atoms with E-state index in [0.717, 1.165) is 20.8 Å². The average Bonchev–Trinajstić information content (AvgIpc) is 0.774. The van der Waals surface area contributed by atoms with Gasteiger partial charge < -0.3 is 204 Å². The van der Waals surface area contributed by atoms with E-state index in [1.54, 1.807) is 0 Å². The van der Waals surface area contributed by atoms with Crippen LogP contribution in [0.3, 0.4) is 0 Å². The van der Waals surface area contributed by atoms with E-state index in [1.807, 2.05) is 0 Å². The zero-order valence-electron chi connectivity index (χ0n) is 52.4. The fourth-order valence-electron chi connectivity index (χ4n) is 12.6. The number of aliphatic hydroxyl groups is 23. The first kappa shape index (κ1) is 80.6. The van der Waals surface area contributed by atoms with Crippen LogP contribution in [0, 0.1) is 0 Å². The van der Waals surface area contributed by atoms with Crippen molar-refractivity contribution in [2.45, 2.75) is 266 Å². The number of aliphatic hydroxyl groups excluding tert-OH is 23. The first-order valence-electron chi connectivity index (χ1n) is 31.1. The molecule has 8 fully saturated rings. The van der Waals surface area contributed by atoms with Gasteiger partial charge in [0, 0.05) is 20.8 Å². The Morgan fingerprint density at radius 2 is 0.551 bits per heavy atom. The summed E-state index contributed by atoms with van der Waals surface area (Å²) < 4.78 is 87.5. The maximum atomic E-state index is 13.0. The van der Waals surface area contributed by atoms with Gasteiger partial charge >= 0.3 is 0 Å². The van der Waals surface area contributed by atoms with Gasteiger partial charge in [-0.15, -0.1) is 0 Å². The van der Waals surface area contributed by atoms with Crippen molar-refractivity contribution in [3.05, 3.63) is 0 Å². The Balaban J connectivity index is 1.12. The molecule has 44 heteroatoms. The van der Waals surface area contributed by atoms with E-state index in [0.29, 0.717) is 0 Å². The molecule has 0 bridgehead atoms. The zero-order valence-corrected chi connectivity index (χ0v) is 52.4. The molecule has 8 rings (SSSR count). The summed E-state index contributed by atoms with van der Waals surface area (Å²) >= 11 is 0. The molecule has 8 heterocycles. The minimum atomic E-state index is -2.47. The van der Waals surface area contributed by atoms with E-state index in [9.17, 15) is 132 Å². The van der Waals surface area contributed by atoms with Crippen molar-refractivity contribution >= 4 is 17.7 Å². The second kappa shape index (κ2) is 35.1. The number of carbonyl (C=O) groups excluding carboxylic acids is 3. The van der Waals surface area contributed by atoms with Crippen LogP contribution in [-0.4, -0.2) is 433 Å². The predicted molar refractivity (Wildman–Crippen MR) is 299 cm³/mol. The maximum absolute atomic E-state index is 13.0. The third kappa shape index (κ3) is 17.5. The van der Waals surface area contributed by atoms with E-state index in [2.05, 4.69) is 16.0 Å². The summed E-state index contributed by atoms with van der Waals surface area (Å²) in [6.07, 6.45) is -74.8. The van der Waals surface area contributed by atoms with Crippen molar-refractivity contribution in [3.63, 3.8) is 0 Å². The van der Waals surface area contributed by atoms with Crippen LogP contribution in [0.4, 0.5) is 0 Å². The Kier molecular flexibility index (Phi) is 28.9. The van der Waals surface area contributed by atoms with Gasteiger partial charge in [-0.25, -0.2) is 0 Å². The standard InChI is InChI=1S/C54H91N3O41/c1-12(65)55-23-32(74)41(21(10-64)91-49(23)97-45-30(72)19(8-62)90-53(39(45)81)94-42-20(9-63)85-47(83)36(78)35(42)77)93-54-40(82)46(98-50-25(57-14(3)67)44(29(71)18(7-61)87-50)96-52-38(80)34(76)27(69)16(5-59)89-52)31(73)22(92-54)11-84-48-24(56-13(2)66)43(28(70)17(6-60)86-48)95-51-37(79)33(75)26(68)15(4-58)88-51/h15-54,58-64,68-83H,4-11H2,1-3H3,(H,55,65)(H,56,66)(H,57,67)/t15-,16-,17-,18-,19-,20-,21-,22-,23-,24-,25-,26+,27+,28-,29-,30+,31+,32-,33+,34+,35-,36-,37-,38-,39-,40-,41-,42-,43-,44-,45+,46+,47?,48-,49+,50+,51+,52+,53+,54+/m1/s1. The quantitative estimate of drug-likeness (QED) is 0.0404.